The van der Waals surface area contributed by atoms with Crippen molar-refractivity contribution in [2.45, 2.75) is 0 Å². The molecule has 0 spiro atoms. The molecule has 0 aliphatic rings. The van der Waals surface area contributed by atoms with E-state index in [0.29, 0.717) is 0 Å². The normalized spacial score (nSPS) is 12.3. The fourth-order valence-electron chi connectivity index (χ4n) is 4.94. The van der Waals surface area contributed by atoms with Gasteiger partial charge in [-0.3, -0.25) is 4.40 Å². The highest BCUT2D eigenvalue weighted by Crippen LogP contribution is 2.46. The van der Waals surface area contributed by atoms with Crippen LogP contribution >= 0.6 is 11.3 Å². The lowest BCUT2D eigenvalue weighted by atomic mass is 10.0. The summed E-state index contributed by atoms with van der Waals surface area (Å²) in [5, 5.41) is 8.98. The highest BCUT2D eigenvalue weighted by Gasteiger charge is 2.21. The van der Waals surface area contributed by atoms with Gasteiger partial charge in [0.2, 0.25) is 0 Å². The lowest BCUT2D eigenvalue weighted by Crippen LogP contribution is -1.83. The minimum Gasteiger partial charge on any atom is -0.497 e. The van der Waals surface area contributed by atoms with Crippen LogP contribution in [-0.2, 0) is 0 Å². The van der Waals surface area contributed by atoms with E-state index >= 15 is 0 Å². The molecule has 0 N–H and O–H groups in total. The Morgan fingerprint density at radius 3 is 2.37 bits per heavy atom. The van der Waals surface area contributed by atoms with Crippen molar-refractivity contribution in [2.75, 3.05) is 14.2 Å². The number of fused-ring (bicyclic) bond motifs is 9. The van der Waals surface area contributed by atoms with E-state index in [4.69, 9.17) is 9.47 Å². The summed E-state index contributed by atoms with van der Waals surface area (Å²) in [5.74, 6) is 1.78. The summed E-state index contributed by atoms with van der Waals surface area (Å²) in [6, 6.07) is 24.0. The molecule has 0 saturated heterocycles. The molecule has 7 aromatic rings. The van der Waals surface area contributed by atoms with Gasteiger partial charge in [-0.15, -0.1) is 11.3 Å². The van der Waals surface area contributed by atoms with Crippen LogP contribution in [0.2, 0.25) is 0 Å². The van der Waals surface area contributed by atoms with Gasteiger partial charge < -0.3 is 9.47 Å². The predicted molar refractivity (Wildman–Crippen MR) is 127 cm³/mol. The molecule has 4 heteroatoms. The SMILES string of the molecule is COc1ccc2cc3c4cccc5c6c7ccc(OC)cc7sc6n(c3cc2c1)c45. The van der Waals surface area contributed by atoms with Crippen LogP contribution in [0.1, 0.15) is 0 Å². The molecule has 0 amide bonds. The molecule has 0 saturated carbocycles. The first-order valence-electron chi connectivity index (χ1n) is 9.93. The number of rotatable bonds is 2. The monoisotopic (exact) mass is 407 g/mol. The average Bonchev–Trinajstić information content (AvgIpc) is 3.41. The van der Waals surface area contributed by atoms with E-state index in [1.807, 2.05) is 17.4 Å². The van der Waals surface area contributed by atoms with Gasteiger partial charge in [-0.05, 0) is 53.2 Å². The van der Waals surface area contributed by atoms with Crippen molar-refractivity contribution in [1.29, 1.82) is 0 Å². The van der Waals surface area contributed by atoms with Crippen molar-refractivity contribution in [3.05, 3.63) is 66.7 Å². The first-order chi connectivity index (χ1) is 14.8. The van der Waals surface area contributed by atoms with Crippen LogP contribution in [0.15, 0.2) is 66.7 Å². The Morgan fingerprint density at radius 2 is 1.50 bits per heavy atom. The van der Waals surface area contributed by atoms with Crippen LogP contribution < -0.4 is 9.47 Å². The molecular weight excluding hydrogens is 390 g/mol. The Morgan fingerprint density at radius 1 is 0.700 bits per heavy atom. The standard InChI is InChI=1S/C26H17NO2S/c1-28-16-7-6-14-11-21-18-4-3-5-20-24-19-9-8-17(29-2)13-23(19)30-26(24)27(25(18)20)22(21)12-15(14)10-16/h3-13H,1-2H3. The fourth-order valence-corrected chi connectivity index (χ4v) is 6.20. The zero-order valence-corrected chi connectivity index (χ0v) is 17.3. The summed E-state index contributed by atoms with van der Waals surface area (Å²) < 4.78 is 14.6. The van der Waals surface area contributed by atoms with Gasteiger partial charge in [-0.1, -0.05) is 24.3 Å². The van der Waals surface area contributed by atoms with E-state index in [1.54, 1.807) is 14.2 Å². The number of aromatic nitrogens is 1. The maximum absolute atomic E-state index is 5.46. The molecule has 7 rings (SSSR count). The van der Waals surface area contributed by atoms with Crippen molar-refractivity contribution >= 4 is 69.6 Å². The largest absolute Gasteiger partial charge is 0.497 e. The first kappa shape index (κ1) is 16.3. The molecule has 0 radical (unpaired) electrons. The van der Waals surface area contributed by atoms with Crippen LogP contribution in [0.4, 0.5) is 0 Å². The second kappa shape index (κ2) is 5.55. The van der Waals surface area contributed by atoms with Gasteiger partial charge in [0, 0.05) is 31.6 Å². The van der Waals surface area contributed by atoms with E-state index in [-0.39, 0.29) is 0 Å². The summed E-state index contributed by atoms with van der Waals surface area (Å²) in [5.41, 5.74) is 2.56. The highest BCUT2D eigenvalue weighted by atomic mass is 32.1. The van der Waals surface area contributed by atoms with Crippen LogP contribution in [0.25, 0.3) is 58.3 Å². The number of hydrogen-bond acceptors (Lipinski definition) is 3. The summed E-state index contributed by atoms with van der Waals surface area (Å²) in [6.45, 7) is 0. The Balaban J connectivity index is 1.73. The summed E-state index contributed by atoms with van der Waals surface area (Å²) in [7, 11) is 3.44. The number of nitrogens with zero attached hydrogens (tertiary/aromatic N) is 1. The van der Waals surface area contributed by atoms with Gasteiger partial charge in [0.1, 0.15) is 16.3 Å². The van der Waals surface area contributed by atoms with Gasteiger partial charge in [-0.2, -0.15) is 0 Å². The van der Waals surface area contributed by atoms with Gasteiger partial charge in [0.15, 0.2) is 0 Å². The van der Waals surface area contributed by atoms with Crippen molar-refractivity contribution in [2.24, 2.45) is 0 Å². The van der Waals surface area contributed by atoms with Crippen LogP contribution in [0, 0.1) is 0 Å². The molecule has 3 heterocycles. The summed E-state index contributed by atoms with van der Waals surface area (Å²) >= 11 is 1.84. The smallest absolute Gasteiger partial charge is 0.120 e. The number of hydrogen-bond donors (Lipinski definition) is 0. The Bertz CT molecular complexity index is 1770. The number of thiophene rings is 1. The van der Waals surface area contributed by atoms with E-state index in [9.17, 15) is 0 Å². The molecule has 0 unspecified atom stereocenters. The molecule has 4 aromatic carbocycles. The van der Waals surface area contributed by atoms with Gasteiger partial charge in [-0.25, -0.2) is 0 Å². The second-order valence-electron chi connectivity index (χ2n) is 7.76. The molecule has 30 heavy (non-hydrogen) atoms. The quantitative estimate of drug-likeness (QED) is 0.302. The third-order valence-corrected chi connectivity index (χ3v) is 7.44. The van der Waals surface area contributed by atoms with E-state index < -0.39 is 0 Å². The maximum atomic E-state index is 5.46. The molecule has 3 aromatic heterocycles. The fraction of sp³-hybridized carbons (Fsp3) is 0.0769. The molecular formula is C26H17NO2S. The Hall–Kier alpha value is -3.50. The molecule has 0 atom stereocenters. The second-order valence-corrected chi connectivity index (χ2v) is 8.79. The first-order valence-corrected chi connectivity index (χ1v) is 10.7. The summed E-state index contributed by atoms with van der Waals surface area (Å²) in [6.07, 6.45) is 0. The van der Waals surface area contributed by atoms with E-state index in [1.165, 1.54) is 58.3 Å². The van der Waals surface area contributed by atoms with Gasteiger partial charge in [0.05, 0.1) is 25.3 Å². The number of ether oxygens (including phenoxy) is 2. The number of methoxy groups -OCH3 is 2. The van der Waals surface area contributed by atoms with Crippen molar-refractivity contribution in [3.8, 4) is 11.5 Å². The zero-order valence-electron chi connectivity index (χ0n) is 16.5. The van der Waals surface area contributed by atoms with Crippen molar-refractivity contribution in [3.63, 3.8) is 0 Å². The molecule has 0 aliphatic carbocycles. The van der Waals surface area contributed by atoms with Crippen LogP contribution in [0.3, 0.4) is 0 Å². The van der Waals surface area contributed by atoms with Gasteiger partial charge >= 0.3 is 0 Å². The van der Waals surface area contributed by atoms with Crippen molar-refractivity contribution in [1.82, 2.24) is 4.40 Å². The molecule has 0 fully saturated rings. The van der Waals surface area contributed by atoms with E-state index in [0.717, 1.165) is 11.5 Å². The number of para-hydroxylation sites is 1. The topological polar surface area (TPSA) is 22.9 Å². The van der Waals surface area contributed by atoms with Crippen LogP contribution in [-0.4, -0.2) is 18.6 Å². The molecule has 0 bridgehead atoms. The van der Waals surface area contributed by atoms with Crippen molar-refractivity contribution < 1.29 is 9.47 Å². The lowest BCUT2D eigenvalue weighted by Gasteiger charge is -2.04. The Kier molecular flexibility index (Phi) is 3.02. The number of benzene rings is 4. The lowest BCUT2D eigenvalue weighted by molar-refractivity contribution is 0.415. The van der Waals surface area contributed by atoms with Gasteiger partial charge in [0.25, 0.3) is 0 Å². The van der Waals surface area contributed by atoms with Crippen LogP contribution in [0.5, 0.6) is 11.5 Å². The third kappa shape index (κ3) is 1.89. The highest BCUT2D eigenvalue weighted by molar-refractivity contribution is 7.25. The molecule has 0 aliphatic heterocycles. The third-order valence-electron chi connectivity index (χ3n) is 6.30. The maximum Gasteiger partial charge on any atom is 0.120 e. The predicted octanol–water partition coefficient (Wildman–Crippen LogP) is 7.22. The minimum atomic E-state index is 0.884. The molecule has 3 nitrogen and oxygen atoms in total. The van der Waals surface area contributed by atoms with E-state index in [2.05, 4.69) is 65.1 Å². The minimum absolute atomic E-state index is 0.884. The summed E-state index contributed by atoms with van der Waals surface area (Å²) in [4.78, 5) is 1.29. The Labute approximate surface area is 176 Å². The zero-order chi connectivity index (χ0) is 20.0. The average molecular weight is 407 g/mol. The molecule has 144 valence electrons.